The molecule has 1 atom stereocenters. The van der Waals surface area contributed by atoms with E-state index in [9.17, 15) is 4.79 Å². The van der Waals surface area contributed by atoms with Gasteiger partial charge in [-0.25, -0.2) is 4.98 Å². The maximum Gasteiger partial charge on any atom is 0.257 e. The Labute approximate surface area is 186 Å². The van der Waals surface area contributed by atoms with Crippen molar-refractivity contribution in [2.75, 3.05) is 20.6 Å². The summed E-state index contributed by atoms with van der Waals surface area (Å²) in [5.74, 6) is 0.531. The van der Waals surface area contributed by atoms with E-state index in [1.54, 1.807) is 0 Å². The molecule has 0 aliphatic carbocycles. The van der Waals surface area contributed by atoms with E-state index in [4.69, 9.17) is 4.42 Å². The van der Waals surface area contributed by atoms with Crippen molar-refractivity contribution in [3.8, 4) is 0 Å². The molecule has 31 heavy (non-hydrogen) atoms. The number of nitrogens with zero attached hydrogens (tertiary/aromatic N) is 2. The zero-order chi connectivity index (χ0) is 21.6. The zero-order valence-electron chi connectivity index (χ0n) is 17.6. The number of hydrogen-bond donors (Lipinski definition) is 1. The third-order valence-electron chi connectivity index (χ3n) is 5.15. The molecule has 0 aliphatic heterocycles. The maximum atomic E-state index is 13.0. The third-order valence-corrected chi connectivity index (χ3v) is 6.03. The number of para-hydroxylation sites is 2. The fraction of sp³-hybridized carbons (Fsp3) is 0.200. The van der Waals surface area contributed by atoms with E-state index in [1.807, 2.05) is 80.8 Å². The summed E-state index contributed by atoms with van der Waals surface area (Å²) in [5, 5.41) is 3.71. The fourth-order valence-electron chi connectivity index (χ4n) is 3.48. The van der Waals surface area contributed by atoms with Gasteiger partial charge in [-0.2, -0.15) is 0 Å². The first kappa shape index (κ1) is 21.2. The van der Waals surface area contributed by atoms with Gasteiger partial charge in [0, 0.05) is 17.9 Å². The minimum atomic E-state index is -0.0726. The molecule has 0 spiro atoms. The van der Waals surface area contributed by atoms with E-state index in [2.05, 4.69) is 27.3 Å². The van der Waals surface area contributed by atoms with E-state index in [0.29, 0.717) is 23.1 Å². The Balaban J connectivity index is 1.44. The largest absolute Gasteiger partial charge is 0.431 e. The summed E-state index contributed by atoms with van der Waals surface area (Å²) in [6.07, 6.45) is 0. The van der Waals surface area contributed by atoms with Crippen LogP contribution >= 0.6 is 11.8 Å². The van der Waals surface area contributed by atoms with Crippen LogP contribution in [0.25, 0.3) is 11.1 Å². The molecule has 6 heteroatoms. The van der Waals surface area contributed by atoms with Gasteiger partial charge in [0.1, 0.15) is 5.52 Å². The summed E-state index contributed by atoms with van der Waals surface area (Å²) in [6, 6.07) is 25.7. The minimum Gasteiger partial charge on any atom is -0.431 e. The number of benzene rings is 3. The maximum absolute atomic E-state index is 13.0. The lowest BCUT2D eigenvalue weighted by molar-refractivity contribution is 0.0941. The summed E-state index contributed by atoms with van der Waals surface area (Å²) >= 11 is 1.49. The number of carbonyl (C=O) groups excluding carboxylic acids is 1. The second kappa shape index (κ2) is 9.81. The molecule has 0 bridgehead atoms. The van der Waals surface area contributed by atoms with Gasteiger partial charge in [-0.15, -0.1) is 0 Å². The first-order chi connectivity index (χ1) is 15.1. The summed E-state index contributed by atoms with van der Waals surface area (Å²) < 4.78 is 5.79. The van der Waals surface area contributed by atoms with Gasteiger partial charge in [-0.3, -0.25) is 4.79 Å². The molecule has 0 saturated heterocycles. The van der Waals surface area contributed by atoms with Crippen molar-refractivity contribution in [3.63, 3.8) is 0 Å². The SMILES string of the molecule is CN(C)C(CNC(=O)c1ccccc1CSc1nc2ccccc2o1)c1ccccc1. The Hall–Kier alpha value is -3.09. The standard InChI is InChI=1S/C25H25N3O2S/c1-28(2)22(18-10-4-3-5-11-18)16-26-24(29)20-13-7-6-12-19(20)17-31-25-27-21-14-8-9-15-23(21)30-25/h3-15,22H,16-17H2,1-2H3,(H,26,29). The Kier molecular flexibility index (Phi) is 6.70. The molecule has 0 radical (unpaired) electrons. The first-order valence-corrected chi connectivity index (χ1v) is 11.2. The Morgan fingerprint density at radius 3 is 2.48 bits per heavy atom. The summed E-state index contributed by atoms with van der Waals surface area (Å²) in [6.45, 7) is 0.530. The smallest absolute Gasteiger partial charge is 0.257 e. The van der Waals surface area contributed by atoms with Gasteiger partial charge in [0.05, 0.1) is 6.04 Å². The number of nitrogens with one attached hydrogen (secondary N) is 1. The van der Waals surface area contributed by atoms with E-state index in [1.165, 1.54) is 17.3 Å². The number of carbonyl (C=O) groups is 1. The topological polar surface area (TPSA) is 58.4 Å². The van der Waals surface area contributed by atoms with Crippen molar-refractivity contribution in [3.05, 3.63) is 95.6 Å². The second-order valence-corrected chi connectivity index (χ2v) is 8.42. The average molecular weight is 432 g/mol. The number of hydrogen-bond acceptors (Lipinski definition) is 5. The van der Waals surface area contributed by atoms with Gasteiger partial charge in [-0.05, 0) is 43.4 Å². The van der Waals surface area contributed by atoms with Gasteiger partial charge in [0.25, 0.3) is 11.1 Å². The number of likely N-dealkylation sites (N-methyl/N-ethyl adjacent to an activating group) is 1. The van der Waals surface area contributed by atoms with Crippen molar-refractivity contribution in [1.82, 2.24) is 15.2 Å². The second-order valence-electron chi connectivity index (χ2n) is 7.49. The molecule has 4 rings (SSSR count). The lowest BCUT2D eigenvalue weighted by Crippen LogP contribution is -2.34. The Bertz CT molecular complexity index is 1120. The highest BCUT2D eigenvalue weighted by Gasteiger charge is 2.17. The number of oxazole rings is 1. The molecule has 158 valence electrons. The zero-order valence-corrected chi connectivity index (χ0v) is 18.4. The molecule has 5 nitrogen and oxygen atoms in total. The van der Waals surface area contributed by atoms with Gasteiger partial charge < -0.3 is 14.6 Å². The number of aromatic nitrogens is 1. The highest BCUT2D eigenvalue weighted by Crippen LogP contribution is 2.27. The Morgan fingerprint density at radius 2 is 1.71 bits per heavy atom. The number of thioether (sulfide) groups is 1. The van der Waals surface area contributed by atoms with Gasteiger partial charge in [-0.1, -0.05) is 72.4 Å². The van der Waals surface area contributed by atoms with Crippen LogP contribution in [-0.2, 0) is 5.75 Å². The van der Waals surface area contributed by atoms with Crippen LogP contribution in [0.15, 0.2) is 88.5 Å². The first-order valence-electron chi connectivity index (χ1n) is 10.2. The van der Waals surface area contributed by atoms with Crippen LogP contribution in [0.2, 0.25) is 0 Å². The molecule has 4 aromatic rings. The molecule has 1 N–H and O–H groups in total. The monoisotopic (exact) mass is 431 g/mol. The average Bonchev–Trinajstić information content (AvgIpc) is 3.21. The van der Waals surface area contributed by atoms with E-state index in [-0.39, 0.29) is 11.9 Å². The van der Waals surface area contributed by atoms with Crippen LogP contribution in [0.4, 0.5) is 0 Å². The van der Waals surface area contributed by atoms with Crippen molar-refractivity contribution >= 4 is 28.8 Å². The quantitative estimate of drug-likeness (QED) is 0.391. The van der Waals surface area contributed by atoms with Crippen molar-refractivity contribution in [1.29, 1.82) is 0 Å². The molecule has 1 aromatic heterocycles. The van der Waals surface area contributed by atoms with Crippen LogP contribution in [0.1, 0.15) is 27.5 Å². The summed E-state index contributed by atoms with van der Waals surface area (Å²) in [4.78, 5) is 19.6. The Morgan fingerprint density at radius 1 is 1.00 bits per heavy atom. The minimum absolute atomic E-state index is 0.0726. The van der Waals surface area contributed by atoms with Gasteiger partial charge >= 0.3 is 0 Å². The molecule has 1 heterocycles. The number of amides is 1. The fourth-order valence-corrected chi connectivity index (χ4v) is 4.32. The molecule has 0 aliphatic rings. The van der Waals surface area contributed by atoms with Crippen molar-refractivity contribution < 1.29 is 9.21 Å². The molecular weight excluding hydrogens is 406 g/mol. The van der Waals surface area contributed by atoms with E-state index >= 15 is 0 Å². The lowest BCUT2D eigenvalue weighted by Gasteiger charge is -2.25. The van der Waals surface area contributed by atoms with Crippen LogP contribution in [0, 0.1) is 0 Å². The molecule has 3 aromatic carbocycles. The molecule has 1 unspecified atom stereocenters. The van der Waals surface area contributed by atoms with E-state index < -0.39 is 0 Å². The van der Waals surface area contributed by atoms with Gasteiger partial charge in [0.2, 0.25) is 0 Å². The molecule has 0 fully saturated rings. The van der Waals surface area contributed by atoms with Crippen molar-refractivity contribution in [2.24, 2.45) is 0 Å². The van der Waals surface area contributed by atoms with Crippen molar-refractivity contribution in [2.45, 2.75) is 17.0 Å². The summed E-state index contributed by atoms with van der Waals surface area (Å²) in [7, 11) is 4.05. The van der Waals surface area contributed by atoms with Gasteiger partial charge in [0.15, 0.2) is 5.58 Å². The predicted octanol–water partition coefficient (Wildman–Crippen LogP) is 5.15. The molecular formula is C25H25N3O2S. The summed E-state index contributed by atoms with van der Waals surface area (Å²) in [5.41, 5.74) is 4.41. The van der Waals surface area contributed by atoms with Crippen LogP contribution in [0.3, 0.4) is 0 Å². The van der Waals surface area contributed by atoms with Crippen LogP contribution in [0.5, 0.6) is 0 Å². The molecule has 0 saturated carbocycles. The predicted molar refractivity (Wildman–Crippen MR) is 125 cm³/mol. The lowest BCUT2D eigenvalue weighted by atomic mass is 10.1. The van der Waals surface area contributed by atoms with Crippen LogP contribution in [-0.4, -0.2) is 36.4 Å². The number of rotatable bonds is 8. The third kappa shape index (κ3) is 5.16. The highest BCUT2D eigenvalue weighted by atomic mass is 32.2. The van der Waals surface area contributed by atoms with Crippen LogP contribution < -0.4 is 5.32 Å². The normalized spacial score (nSPS) is 12.2. The molecule has 1 amide bonds. The van der Waals surface area contributed by atoms with E-state index in [0.717, 1.165) is 16.7 Å². The number of fused-ring (bicyclic) bond motifs is 1. The highest BCUT2D eigenvalue weighted by molar-refractivity contribution is 7.98.